The van der Waals surface area contributed by atoms with Crippen molar-refractivity contribution in [2.24, 2.45) is 0 Å². The molecule has 1 rings (SSSR count). The fraction of sp³-hybridized carbons (Fsp3) is 0.250. The van der Waals surface area contributed by atoms with Crippen LogP contribution in [0, 0.1) is 0 Å². The minimum atomic E-state index is -2.01. The Kier molecular flexibility index (Phi) is 6.39. The first kappa shape index (κ1) is 13.9. The topological polar surface area (TPSA) is 55.8 Å². The van der Waals surface area contributed by atoms with Gasteiger partial charge in [0.2, 0.25) is 0 Å². The Labute approximate surface area is 107 Å². The van der Waals surface area contributed by atoms with Crippen LogP contribution in [0.1, 0.15) is 0 Å². The summed E-state index contributed by atoms with van der Waals surface area (Å²) in [4.78, 5) is 0.260. The zero-order valence-corrected chi connectivity index (χ0v) is 8.13. The quantitative estimate of drug-likeness (QED) is 0.607. The summed E-state index contributed by atoms with van der Waals surface area (Å²) in [7, 11) is 2.97. The van der Waals surface area contributed by atoms with Gasteiger partial charge < -0.3 is 14.0 Å². The van der Waals surface area contributed by atoms with E-state index in [2.05, 4.69) is 0 Å². The van der Waals surface area contributed by atoms with Gasteiger partial charge >= 0.3 is 29.6 Å². The fourth-order valence-electron chi connectivity index (χ4n) is 0.882. The van der Waals surface area contributed by atoms with Crippen LogP contribution >= 0.6 is 0 Å². The molecule has 1 N–H and O–H groups in total. The molecule has 4 nitrogen and oxygen atoms in total. The summed E-state index contributed by atoms with van der Waals surface area (Å²) < 4.78 is 29.4. The van der Waals surface area contributed by atoms with Crippen molar-refractivity contribution in [3.8, 4) is 11.5 Å². The van der Waals surface area contributed by atoms with E-state index in [0.29, 0.717) is 11.5 Å². The van der Waals surface area contributed by atoms with Crippen LogP contribution in [0.3, 0.4) is 0 Å². The number of ether oxygens (including phenoxy) is 2. The predicted octanol–water partition coefficient (Wildman–Crippen LogP) is 0.636. The molecule has 0 radical (unpaired) electrons. The Morgan fingerprint density at radius 3 is 1.86 bits per heavy atom. The van der Waals surface area contributed by atoms with Gasteiger partial charge in [-0.2, -0.15) is 0 Å². The van der Waals surface area contributed by atoms with Crippen molar-refractivity contribution in [1.82, 2.24) is 0 Å². The second-order valence-corrected chi connectivity index (χ2v) is 3.27. The molecule has 0 amide bonds. The van der Waals surface area contributed by atoms with E-state index in [1.807, 2.05) is 0 Å². The van der Waals surface area contributed by atoms with E-state index in [4.69, 9.17) is 14.0 Å². The van der Waals surface area contributed by atoms with E-state index in [1.54, 1.807) is 6.07 Å². The molecule has 1 aromatic rings. The van der Waals surface area contributed by atoms with Gasteiger partial charge in [-0.1, -0.05) is 0 Å². The van der Waals surface area contributed by atoms with Crippen LogP contribution < -0.4 is 9.47 Å². The van der Waals surface area contributed by atoms with E-state index in [0.717, 1.165) is 0 Å². The molecule has 0 aliphatic carbocycles. The Morgan fingerprint density at radius 2 is 1.57 bits per heavy atom. The molecule has 6 heteroatoms. The van der Waals surface area contributed by atoms with Gasteiger partial charge in [0.25, 0.3) is 0 Å². The van der Waals surface area contributed by atoms with Crippen molar-refractivity contribution in [2.75, 3.05) is 14.2 Å². The normalized spacial score (nSPS) is 11.4. The molecule has 0 spiro atoms. The average Bonchev–Trinajstić information content (AvgIpc) is 2.16. The first-order valence-corrected chi connectivity index (χ1v) is 4.62. The minimum absolute atomic E-state index is 0. The Hall–Kier alpha value is -0.0700. The van der Waals surface area contributed by atoms with Gasteiger partial charge in [-0.15, -0.1) is 0 Å². The van der Waals surface area contributed by atoms with Gasteiger partial charge in [-0.05, 0) is 12.1 Å². The van der Waals surface area contributed by atoms with Gasteiger partial charge in [-0.3, -0.25) is 0 Å². The molecule has 14 heavy (non-hydrogen) atoms. The summed E-state index contributed by atoms with van der Waals surface area (Å²) in [6.45, 7) is 0. The van der Waals surface area contributed by atoms with Crippen LogP contribution in [0.25, 0.3) is 0 Å². The summed E-state index contributed by atoms with van der Waals surface area (Å²) in [5.74, 6) is 0.994. The third-order valence-corrected chi connectivity index (χ3v) is 2.17. The molecule has 1 aromatic carbocycles. The van der Waals surface area contributed by atoms with Crippen molar-refractivity contribution >= 4 is 40.6 Å². The van der Waals surface area contributed by atoms with Crippen molar-refractivity contribution < 1.29 is 18.2 Å². The Bertz CT molecular complexity index is 307. The third-order valence-electron chi connectivity index (χ3n) is 1.53. The third kappa shape index (κ3) is 3.59. The van der Waals surface area contributed by atoms with Crippen LogP contribution in [0.5, 0.6) is 11.5 Å². The molecule has 0 heterocycles. The van der Waals surface area contributed by atoms with Crippen molar-refractivity contribution in [2.45, 2.75) is 4.90 Å². The molecule has 0 saturated carbocycles. The first-order valence-electron chi connectivity index (χ1n) is 3.51. The Morgan fingerprint density at radius 1 is 1.14 bits per heavy atom. The summed E-state index contributed by atoms with van der Waals surface area (Å²) >= 11 is -2.01. The van der Waals surface area contributed by atoms with E-state index in [9.17, 15) is 4.21 Å². The van der Waals surface area contributed by atoms with Gasteiger partial charge in [0.15, 0.2) is 11.1 Å². The molecule has 74 valence electrons. The standard InChI is InChI=1S/C8H10O4S.Na.H/c1-11-6-3-7(12-2)5-8(4-6)13(9)10;;/h3-5H,1-2H3,(H,9,10);;. The molecule has 1 atom stereocenters. The van der Waals surface area contributed by atoms with Crippen LogP contribution in [-0.2, 0) is 11.1 Å². The zero-order valence-electron chi connectivity index (χ0n) is 7.31. The Balaban J connectivity index is 0.00000169. The number of benzene rings is 1. The summed E-state index contributed by atoms with van der Waals surface area (Å²) in [6.07, 6.45) is 0. The van der Waals surface area contributed by atoms with Crippen LogP contribution in [0.4, 0.5) is 0 Å². The van der Waals surface area contributed by atoms with Crippen LogP contribution in [0.15, 0.2) is 23.1 Å². The molecular formula is C8H11NaO4S. The van der Waals surface area contributed by atoms with Gasteiger partial charge in [-0.25, -0.2) is 4.21 Å². The summed E-state index contributed by atoms with van der Waals surface area (Å²) in [5.41, 5.74) is 0. The number of hydrogen-bond acceptors (Lipinski definition) is 3. The molecule has 0 fully saturated rings. The van der Waals surface area contributed by atoms with Gasteiger partial charge in [0.1, 0.15) is 11.5 Å². The van der Waals surface area contributed by atoms with Gasteiger partial charge in [0, 0.05) is 6.07 Å². The van der Waals surface area contributed by atoms with Gasteiger partial charge in [0.05, 0.1) is 19.1 Å². The van der Waals surface area contributed by atoms with Crippen molar-refractivity contribution in [3.63, 3.8) is 0 Å². The summed E-state index contributed by atoms with van der Waals surface area (Å²) in [5, 5.41) is 0. The van der Waals surface area contributed by atoms with Crippen molar-refractivity contribution in [3.05, 3.63) is 18.2 Å². The van der Waals surface area contributed by atoms with Crippen LogP contribution in [-0.4, -0.2) is 52.5 Å². The summed E-state index contributed by atoms with van der Waals surface area (Å²) in [6, 6.07) is 4.60. The second kappa shape index (κ2) is 6.42. The zero-order chi connectivity index (χ0) is 9.84. The van der Waals surface area contributed by atoms with E-state index >= 15 is 0 Å². The first-order chi connectivity index (χ1) is 6.17. The SMILES string of the molecule is COc1cc(OC)cc(S(=O)O)c1.[NaH]. The van der Waals surface area contributed by atoms with Crippen LogP contribution in [0.2, 0.25) is 0 Å². The van der Waals surface area contributed by atoms with E-state index in [1.165, 1.54) is 26.4 Å². The molecule has 0 aliphatic heterocycles. The van der Waals surface area contributed by atoms with E-state index < -0.39 is 11.1 Å². The second-order valence-electron chi connectivity index (χ2n) is 2.30. The molecule has 1 unspecified atom stereocenters. The average molecular weight is 226 g/mol. The van der Waals surface area contributed by atoms with Crippen molar-refractivity contribution in [1.29, 1.82) is 0 Å². The monoisotopic (exact) mass is 226 g/mol. The fourth-order valence-corrected chi connectivity index (χ4v) is 1.32. The van der Waals surface area contributed by atoms with E-state index in [-0.39, 0.29) is 34.5 Å². The molecule has 0 saturated heterocycles. The molecular weight excluding hydrogens is 215 g/mol. The molecule has 0 aliphatic rings. The number of methoxy groups -OCH3 is 2. The number of rotatable bonds is 3. The maximum atomic E-state index is 10.7. The maximum absolute atomic E-state index is 10.7. The molecule has 0 bridgehead atoms. The predicted molar refractivity (Wildman–Crippen MR) is 55.7 cm³/mol. The number of hydrogen-bond donors (Lipinski definition) is 1. The molecule has 0 aromatic heterocycles.